The number of carbonyl (C=O) groups is 1. The molecule has 0 spiro atoms. The molecule has 166 valence electrons. The lowest BCUT2D eigenvalue weighted by Crippen LogP contribution is -2.25. The molecule has 31 heavy (non-hydrogen) atoms. The summed E-state index contributed by atoms with van der Waals surface area (Å²) in [7, 11) is 0. The van der Waals surface area contributed by atoms with Gasteiger partial charge in [-0.2, -0.15) is 5.10 Å². The summed E-state index contributed by atoms with van der Waals surface area (Å²) >= 11 is 0. The van der Waals surface area contributed by atoms with Crippen LogP contribution in [0.1, 0.15) is 52.2 Å². The zero-order valence-electron chi connectivity index (χ0n) is 18.5. The van der Waals surface area contributed by atoms with Gasteiger partial charge in [0.2, 0.25) is 5.75 Å². The minimum Gasteiger partial charge on any atom is -0.502 e. The predicted molar refractivity (Wildman–Crippen MR) is 120 cm³/mol. The van der Waals surface area contributed by atoms with E-state index in [0.29, 0.717) is 5.75 Å². The van der Waals surface area contributed by atoms with E-state index in [9.17, 15) is 20.0 Å². The van der Waals surface area contributed by atoms with Crippen molar-refractivity contribution in [2.45, 2.75) is 46.5 Å². The van der Waals surface area contributed by atoms with E-state index in [4.69, 9.17) is 4.74 Å². The SMILES string of the molecule is CC(C)(C)CC(C)(C)c1ccc(OCC(=O)N/N=C/c2cccc([N+](=O)[O-])c2O)cc1. The van der Waals surface area contributed by atoms with Crippen LogP contribution in [-0.4, -0.2) is 28.8 Å². The van der Waals surface area contributed by atoms with E-state index in [1.54, 1.807) is 0 Å². The molecule has 0 aliphatic carbocycles. The Bertz CT molecular complexity index is 960. The van der Waals surface area contributed by atoms with E-state index in [2.05, 4.69) is 45.1 Å². The van der Waals surface area contributed by atoms with Gasteiger partial charge >= 0.3 is 5.69 Å². The molecule has 2 rings (SSSR count). The number of hydrogen-bond donors (Lipinski definition) is 2. The Kier molecular flexibility index (Phi) is 7.38. The number of nitrogens with zero attached hydrogens (tertiary/aromatic N) is 2. The molecule has 8 nitrogen and oxygen atoms in total. The van der Waals surface area contributed by atoms with Gasteiger partial charge in [-0.15, -0.1) is 0 Å². The molecule has 0 saturated carbocycles. The Labute approximate surface area is 182 Å². The second-order valence-electron chi connectivity index (χ2n) is 9.20. The fourth-order valence-electron chi connectivity index (χ4n) is 3.59. The molecule has 0 unspecified atom stereocenters. The van der Waals surface area contributed by atoms with Gasteiger partial charge in [-0.1, -0.05) is 52.8 Å². The highest BCUT2D eigenvalue weighted by Crippen LogP contribution is 2.36. The van der Waals surface area contributed by atoms with Gasteiger partial charge in [0.1, 0.15) is 5.75 Å². The first-order valence-electron chi connectivity index (χ1n) is 9.91. The third kappa shape index (κ3) is 7.09. The number of phenolic OH excluding ortho intramolecular Hbond substituents is 1. The predicted octanol–water partition coefficient (Wildman–Crippen LogP) is 4.54. The number of hydrogen-bond acceptors (Lipinski definition) is 6. The van der Waals surface area contributed by atoms with E-state index in [1.807, 2.05) is 24.3 Å². The molecule has 2 aromatic carbocycles. The molecule has 1 amide bonds. The number of rotatable bonds is 8. The average Bonchev–Trinajstić information content (AvgIpc) is 2.66. The third-order valence-corrected chi connectivity index (χ3v) is 4.61. The molecule has 0 radical (unpaired) electrons. The van der Waals surface area contributed by atoms with Crippen molar-refractivity contribution in [1.29, 1.82) is 0 Å². The Hall–Kier alpha value is -3.42. The maximum atomic E-state index is 11.9. The highest BCUT2D eigenvalue weighted by atomic mass is 16.6. The minimum absolute atomic E-state index is 0.0148. The molecule has 0 aromatic heterocycles. The van der Waals surface area contributed by atoms with Crippen LogP contribution in [0.25, 0.3) is 0 Å². The molecule has 0 heterocycles. The number of ether oxygens (including phenoxy) is 1. The van der Waals surface area contributed by atoms with Gasteiger partial charge < -0.3 is 9.84 Å². The normalized spacial score (nSPS) is 12.0. The van der Waals surface area contributed by atoms with E-state index in [1.165, 1.54) is 23.8 Å². The number of para-hydroxylation sites is 1. The van der Waals surface area contributed by atoms with Gasteiger partial charge in [-0.3, -0.25) is 14.9 Å². The number of amides is 1. The zero-order chi connectivity index (χ0) is 23.2. The second-order valence-corrected chi connectivity index (χ2v) is 9.20. The van der Waals surface area contributed by atoms with Crippen LogP contribution in [0.2, 0.25) is 0 Å². The maximum Gasteiger partial charge on any atom is 0.311 e. The number of aromatic hydroxyl groups is 1. The molecular formula is C23H29N3O5. The topological polar surface area (TPSA) is 114 Å². The van der Waals surface area contributed by atoms with Crippen molar-refractivity contribution in [3.8, 4) is 11.5 Å². The van der Waals surface area contributed by atoms with E-state index in [0.717, 1.165) is 12.6 Å². The van der Waals surface area contributed by atoms with Crippen molar-refractivity contribution >= 4 is 17.8 Å². The molecule has 0 aliphatic heterocycles. The van der Waals surface area contributed by atoms with Crippen LogP contribution in [0.5, 0.6) is 11.5 Å². The molecule has 2 N–H and O–H groups in total. The first-order valence-corrected chi connectivity index (χ1v) is 9.91. The van der Waals surface area contributed by atoms with E-state index < -0.39 is 22.3 Å². The van der Waals surface area contributed by atoms with Crippen LogP contribution >= 0.6 is 0 Å². The number of carbonyl (C=O) groups excluding carboxylic acids is 1. The Morgan fingerprint density at radius 3 is 2.39 bits per heavy atom. The van der Waals surface area contributed by atoms with Crippen molar-refractivity contribution in [3.63, 3.8) is 0 Å². The lowest BCUT2D eigenvalue weighted by Gasteiger charge is -2.33. The van der Waals surface area contributed by atoms with Crippen LogP contribution in [0.4, 0.5) is 5.69 Å². The minimum atomic E-state index is -0.700. The summed E-state index contributed by atoms with van der Waals surface area (Å²) in [5.41, 5.74) is 3.36. The van der Waals surface area contributed by atoms with Crippen molar-refractivity contribution in [2.75, 3.05) is 6.61 Å². The van der Waals surface area contributed by atoms with E-state index >= 15 is 0 Å². The Balaban J connectivity index is 1.90. The highest BCUT2D eigenvalue weighted by Gasteiger charge is 2.27. The lowest BCUT2D eigenvalue weighted by molar-refractivity contribution is -0.385. The monoisotopic (exact) mass is 427 g/mol. The number of phenols is 1. The molecule has 0 fully saturated rings. The van der Waals surface area contributed by atoms with Gasteiger partial charge in [-0.25, -0.2) is 5.43 Å². The molecule has 0 saturated heterocycles. The summed E-state index contributed by atoms with van der Waals surface area (Å²) in [5.74, 6) is -0.458. The molecule has 0 aliphatic rings. The maximum absolute atomic E-state index is 11.9. The van der Waals surface area contributed by atoms with Crippen LogP contribution < -0.4 is 10.2 Å². The van der Waals surface area contributed by atoms with Crippen molar-refractivity contribution in [2.24, 2.45) is 10.5 Å². The number of nitrogens with one attached hydrogen (secondary N) is 1. The third-order valence-electron chi connectivity index (χ3n) is 4.61. The Morgan fingerprint density at radius 2 is 1.81 bits per heavy atom. The number of benzene rings is 2. The first kappa shape index (κ1) is 23.9. The van der Waals surface area contributed by atoms with Crippen LogP contribution in [0.15, 0.2) is 47.6 Å². The standard InChI is InChI=1S/C23H29N3O5/c1-22(2,3)15-23(4,5)17-9-11-18(12-10-17)31-14-20(27)25-24-13-16-7-6-8-19(21(16)28)26(29)30/h6-13,28H,14-15H2,1-5H3,(H,25,27)/b24-13+. The molecule has 0 atom stereocenters. The molecular weight excluding hydrogens is 398 g/mol. The fraction of sp³-hybridized carbons (Fsp3) is 0.391. The summed E-state index contributed by atoms with van der Waals surface area (Å²) in [6.45, 7) is 10.8. The fourth-order valence-corrected chi connectivity index (χ4v) is 3.59. The first-order chi connectivity index (χ1) is 14.4. The summed E-state index contributed by atoms with van der Waals surface area (Å²) < 4.78 is 5.49. The van der Waals surface area contributed by atoms with Crippen molar-refractivity contribution < 1.29 is 19.6 Å². The largest absolute Gasteiger partial charge is 0.502 e. The summed E-state index contributed by atoms with van der Waals surface area (Å²) in [6.07, 6.45) is 2.16. The Morgan fingerprint density at radius 1 is 1.16 bits per heavy atom. The summed E-state index contributed by atoms with van der Waals surface area (Å²) in [4.78, 5) is 22.1. The zero-order valence-corrected chi connectivity index (χ0v) is 18.5. The number of hydrazone groups is 1. The van der Waals surface area contributed by atoms with E-state index in [-0.39, 0.29) is 23.0 Å². The number of nitro groups is 1. The molecule has 2 aromatic rings. The lowest BCUT2D eigenvalue weighted by atomic mass is 9.72. The highest BCUT2D eigenvalue weighted by molar-refractivity contribution is 5.87. The van der Waals surface area contributed by atoms with Gasteiger partial charge in [0.15, 0.2) is 6.61 Å². The van der Waals surface area contributed by atoms with Crippen LogP contribution in [0, 0.1) is 15.5 Å². The van der Waals surface area contributed by atoms with Gasteiger partial charge in [0.05, 0.1) is 11.1 Å². The summed E-state index contributed by atoms with van der Waals surface area (Å²) in [5, 5.41) is 24.4. The average molecular weight is 428 g/mol. The number of nitro benzene ring substituents is 1. The van der Waals surface area contributed by atoms with Gasteiger partial charge in [-0.05, 0) is 41.0 Å². The smallest absolute Gasteiger partial charge is 0.311 e. The van der Waals surface area contributed by atoms with Crippen molar-refractivity contribution in [3.05, 3.63) is 63.7 Å². The molecule has 0 bridgehead atoms. The van der Waals surface area contributed by atoms with Crippen LogP contribution in [0.3, 0.4) is 0 Å². The van der Waals surface area contributed by atoms with Crippen LogP contribution in [-0.2, 0) is 10.2 Å². The second kappa shape index (κ2) is 9.59. The summed E-state index contributed by atoms with van der Waals surface area (Å²) in [6, 6.07) is 11.7. The molecule has 8 heteroatoms. The van der Waals surface area contributed by atoms with Crippen molar-refractivity contribution in [1.82, 2.24) is 5.43 Å². The van der Waals surface area contributed by atoms with Gasteiger partial charge in [0, 0.05) is 11.6 Å². The quantitative estimate of drug-likeness (QED) is 0.365. The van der Waals surface area contributed by atoms with Gasteiger partial charge in [0.25, 0.3) is 5.91 Å².